The van der Waals surface area contributed by atoms with Crippen molar-refractivity contribution in [2.45, 2.75) is 0 Å². The number of imide groups is 1. The van der Waals surface area contributed by atoms with Gasteiger partial charge in [0.25, 0.3) is 11.1 Å². The molecular formula is C23H23N3O6S. The third-order valence-electron chi connectivity index (χ3n) is 4.60. The van der Waals surface area contributed by atoms with Crippen molar-refractivity contribution in [3.63, 3.8) is 0 Å². The van der Waals surface area contributed by atoms with Crippen molar-refractivity contribution >= 4 is 41.0 Å². The highest BCUT2D eigenvalue weighted by molar-refractivity contribution is 8.18. The molecule has 1 saturated heterocycles. The summed E-state index contributed by atoms with van der Waals surface area (Å²) in [6.07, 6.45) is 7.86. The smallest absolute Gasteiger partial charge is 0.293 e. The number of benzene rings is 1. The molecule has 0 spiro atoms. The van der Waals surface area contributed by atoms with E-state index in [4.69, 9.17) is 14.2 Å². The van der Waals surface area contributed by atoms with Crippen LogP contribution in [-0.2, 0) is 9.59 Å². The number of hydrogen-bond acceptors (Lipinski definition) is 8. The van der Waals surface area contributed by atoms with Gasteiger partial charge in [-0.15, -0.1) is 0 Å². The van der Waals surface area contributed by atoms with E-state index in [0.29, 0.717) is 22.8 Å². The number of methoxy groups -OCH3 is 3. The SMILES string of the molecule is COc1cc(/C=C2\SC(=O)N(CCNC(=O)/C=C/c3cccnc3)C2=O)cc(OC)c1OC. The van der Waals surface area contributed by atoms with Crippen molar-refractivity contribution in [1.29, 1.82) is 0 Å². The minimum Gasteiger partial charge on any atom is -0.493 e. The zero-order valence-electron chi connectivity index (χ0n) is 18.4. The monoisotopic (exact) mass is 469 g/mol. The first-order valence-corrected chi connectivity index (χ1v) is 10.7. The van der Waals surface area contributed by atoms with Crippen LogP contribution in [0.1, 0.15) is 11.1 Å². The van der Waals surface area contributed by atoms with E-state index in [1.54, 1.807) is 42.7 Å². The highest BCUT2D eigenvalue weighted by Gasteiger charge is 2.34. The molecule has 1 aromatic heterocycles. The average molecular weight is 470 g/mol. The molecule has 33 heavy (non-hydrogen) atoms. The molecule has 0 unspecified atom stereocenters. The lowest BCUT2D eigenvalue weighted by molar-refractivity contribution is -0.123. The predicted octanol–water partition coefficient (Wildman–Crippen LogP) is 2.97. The number of rotatable bonds is 9. The van der Waals surface area contributed by atoms with Crippen LogP contribution in [0.5, 0.6) is 17.2 Å². The number of hydrogen-bond donors (Lipinski definition) is 1. The molecule has 0 atom stereocenters. The van der Waals surface area contributed by atoms with E-state index >= 15 is 0 Å². The number of amides is 3. The van der Waals surface area contributed by atoms with Crippen molar-refractivity contribution in [2.75, 3.05) is 34.4 Å². The summed E-state index contributed by atoms with van der Waals surface area (Å²) in [7, 11) is 4.49. The molecule has 10 heteroatoms. The summed E-state index contributed by atoms with van der Waals surface area (Å²) in [5, 5.41) is 2.26. The number of ether oxygens (including phenoxy) is 3. The maximum absolute atomic E-state index is 12.7. The van der Waals surface area contributed by atoms with E-state index in [0.717, 1.165) is 22.2 Å². The minimum absolute atomic E-state index is 0.0593. The fourth-order valence-electron chi connectivity index (χ4n) is 3.03. The number of aromatic nitrogens is 1. The van der Waals surface area contributed by atoms with E-state index in [1.165, 1.54) is 27.4 Å². The van der Waals surface area contributed by atoms with Crippen molar-refractivity contribution in [3.8, 4) is 17.2 Å². The highest BCUT2D eigenvalue weighted by atomic mass is 32.2. The Morgan fingerprint density at radius 1 is 1.12 bits per heavy atom. The number of nitrogens with one attached hydrogen (secondary N) is 1. The van der Waals surface area contributed by atoms with Crippen LogP contribution in [0.4, 0.5) is 4.79 Å². The van der Waals surface area contributed by atoms with Gasteiger partial charge in [0.2, 0.25) is 11.7 Å². The third-order valence-corrected chi connectivity index (χ3v) is 5.51. The molecule has 3 amide bonds. The van der Waals surface area contributed by atoms with Crippen LogP contribution in [0.3, 0.4) is 0 Å². The zero-order valence-corrected chi connectivity index (χ0v) is 19.2. The zero-order chi connectivity index (χ0) is 23.8. The van der Waals surface area contributed by atoms with Crippen LogP contribution >= 0.6 is 11.8 Å². The van der Waals surface area contributed by atoms with E-state index < -0.39 is 11.1 Å². The molecule has 0 bridgehead atoms. The number of pyridine rings is 1. The molecule has 2 heterocycles. The second kappa shape index (κ2) is 11.2. The Morgan fingerprint density at radius 3 is 2.45 bits per heavy atom. The van der Waals surface area contributed by atoms with Gasteiger partial charge in [-0.05, 0) is 53.2 Å². The highest BCUT2D eigenvalue weighted by Crippen LogP contribution is 2.40. The van der Waals surface area contributed by atoms with Crippen LogP contribution in [0.25, 0.3) is 12.2 Å². The van der Waals surface area contributed by atoms with Crippen molar-refractivity contribution in [1.82, 2.24) is 15.2 Å². The lowest BCUT2D eigenvalue weighted by Crippen LogP contribution is -2.36. The largest absolute Gasteiger partial charge is 0.493 e. The van der Waals surface area contributed by atoms with Crippen LogP contribution < -0.4 is 19.5 Å². The van der Waals surface area contributed by atoms with Gasteiger partial charge >= 0.3 is 0 Å². The van der Waals surface area contributed by atoms with Crippen LogP contribution in [0.15, 0.2) is 47.6 Å². The number of carbonyl (C=O) groups excluding carboxylic acids is 3. The van der Waals surface area contributed by atoms with Gasteiger partial charge in [-0.3, -0.25) is 24.3 Å². The maximum Gasteiger partial charge on any atom is 0.293 e. The second-order valence-electron chi connectivity index (χ2n) is 6.70. The lowest BCUT2D eigenvalue weighted by Gasteiger charge is -2.13. The lowest BCUT2D eigenvalue weighted by atomic mass is 10.1. The Morgan fingerprint density at radius 2 is 1.85 bits per heavy atom. The maximum atomic E-state index is 12.7. The number of nitrogens with zero attached hydrogens (tertiary/aromatic N) is 2. The second-order valence-corrected chi connectivity index (χ2v) is 7.70. The Balaban J connectivity index is 1.63. The van der Waals surface area contributed by atoms with E-state index in [-0.39, 0.29) is 23.9 Å². The molecular weight excluding hydrogens is 446 g/mol. The summed E-state index contributed by atoms with van der Waals surface area (Å²) < 4.78 is 15.9. The summed E-state index contributed by atoms with van der Waals surface area (Å²) in [6.45, 7) is 0.190. The van der Waals surface area contributed by atoms with Gasteiger partial charge in [0.1, 0.15) is 0 Å². The normalized spacial score (nSPS) is 14.8. The van der Waals surface area contributed by atoms with Gasteiger partial charge in [-0.1, -0.05) is 6.07 Å². The molecule has 0 aliphatic carbocycles. The minimum atomic E-state index is -0.432. The molecule has 9 nitrogen and oxygen atoms in total. The molecule has 1 N–H and O–H groups in total. The molecule has 3 rings (SSSR count). The Kier molecular flexibility index (Phi) is 8.09. The summed E-state index contributed by atoms with van der Waals surface area (Å²) >= 11 is 0.832. The average Bonchev–Trinajstić information content (AvgIpc) is 3.09. The predicted molar refractivity (Wildman–Crippen MR) is 125 cm³/mol. The van der Waals surface area contributed by atoms with Gasteiger partial charge in [-0.25, -0.2) is 0 Å². The van der Waals surface area contributed by atoms with Gasteiger partial charge in [-0.2, -0.15) is 0 Å². The first-order chi connectivity index (χ1) is 16.0. The van der Waals surface area contributed by atoms with E-state index in [1.807, 2.05) is 6.07 Å². The summed E-state index contributed by atoms with van der Waals surface area (Å²) in [5.41, 5.74) is 1.40. The van der Waals surface area contributed by atoms with Crippen LogP contribution in [0, 0.1) is 0 Å². The van der Waals surface area contributed by atoms with Crippen molar-refractivity contribution in [3.05, 3.63) is 58.8 Å². The molecule has 0 saturated carbocycles. The van der Waals surface area contributed by atoms with E-state index in [2.05, 4.69) is 10.3 Å². The van der Waals surface area contributed by atoms with Gasteiger partial charge in [0.15, 0.2) is 11.5 Å². The van der Waals surface area contributed by atoms with Gasteiger partial charge in [0.05, 0.1) is 26.2 Å². The molecule has 1 aromatic carbocycles. The first kappa shape index (κ1) is 23.9. The van der Waals surface area contributed by atoms with Crippen LogP contribution in [-0.4, -0.2) is 61.4 Å². The van der Waals surface area contributed by atoms with Crippen LogP contribution in [0.2, 0.25) is 0 Å². The molecule has 1 aliphatic rings. The topological polar surface area (TPSA) is 107 Å². The first-order valence-electron chi connectivity index (χ1n) is 9.88. The molecule has 1 fully saturated rings. The Bertz CT molecular complexity index is 1080. The Hall–Kier alpha value is -3.79. The fourth-order valence-corrected chi connectivity index (χ4v) is 3.89. The summed E-state index contributed by atoms with van der Waals surface area (Å²) in [5.74, 6) is 0.532. The number of carbonyl (C=O) groups is 3. The molecule has 2 aromatic rings. The molecule has 1 aliphatic heterocycles. The molecule has 0 radical (unpaired) electrons. The van der Waals surface area contributed by atoms with Crippen molar-refractivity contribution < 1.29 is 28.6 Å². The van der Waals surface area contributed by atoms with Gasteiger partial charge in [0, 0.05) is 31.6 Å². The third kappa shape index (κ3) is 5.92. The quantitative estimate of drug-likeness (QED) is 0.559. The fraction of sp³-hybridized carbons (Fsp3) is 0.217. The molecule has 172 valence electrons. The van der Waals surface area contributed by atoms with Gasteiger partial charge < -0.3 is 19.5 Å². The van der Waals surface area contributed by atoms with Crippen molar-refractivity contribution in [2.24, 2.45) is 0 Å². The Labute approximate surface area is 195 Å². The summed E-state index contributed by atoms with van der Waals surface area (Å²) in [6, 6.07) is 6.95. The number of thioether (sulfide) groups is 1. The van der Waals surface area contributed by atoms with E-state index in [9.17, 15) is 14.4 Å². The summed E-state index contributed by atoms with van der Waals surface area (Å²) in [4.78, 5) is 42.4. The standard InChI is InChI=1S/C23H23N3O6S/c1-30-17-11-16(12-18(31-2)21(17)32-3)13-19-22(28)26(23(29)33-19)10-9-25-20(27)7-6-15-5-4-8-24-14-15/h4-8,11-14H,9-10H2,1-3H3,(H,25,27)/b7-6+,19-13-.